The third-order valence-electron chi connectivity index (χ3n) is 6.66. The zero-order valence-electron chi connectivity index (χ0n) is 22.3. The van der Waals surface area contributed by atoms with Crippen LogP contribution in [0.2, 0.25) is 0 Å². The van der Waals surface area contributed by atoms with Crippen molar-refractivity contribution in [3.63, 3.8) is 0 Å². The molecule has 0 saturated carbocycles. The van der Waals surface area contributed by atoms with Crippen LogP contribution in [0.4, 0.5) is 5.69 Å². The zero-order chi connectivity index (χ0) is 26.4. The van der Waals surface area contributed by atoms with Crippen molar-refractivity contribution in [1.29, 1.82) is 0 Å². The fourth-order valence-corrected chi connectivity index (χ4v) is 5.70. The molecule has 0 atom stereocenters. The van der Waals surface area contributed by atoms with E-state index in [0.717, 1.165) is 43.8 Å². The highest BCUT2D eigenvalue weighted by Crippen LogP contribution is 2.42. The topological polar surface area (TPSA) is 41.8 Å². The Kier molecular flexibility index (Phi) is 6.33. The summed E-state index contributed by atoms with van der Waals surface area (Å²) < 4.78 is 1.20. The Balaban J connectivity index is 1.78. The lowest BCUT2D eigenvalue weighted by molar-refractivity contribution is -0.114. The minimum atomic E-state index is -0.300. The summed E-state index contributed by atoms with van der Waals surface area (Å²) in [6.45, 7) is 12.6. The van der Waals surface area contributed by atoms with Crippen LogP contribution in [0.15, 0.2) is 112 Å². The molecule has 0 amide bonds. The van der Waals surface area contributed by atoms with Gasteiger partial charge in [-0.1, -0.05) is 96.1 Å². The highest BCUT2D eigenvalue weighted by Gasteiger charge is 2.34. The molecule has 0 bridgehead atoms. The van der Waals surface area contributed by atoms with Crippen molar-refractivity contribution in [2.24, 2.45) is 21.1 Å². The number of azo groups is 1. The molecule has 0 fully saturated rings. The van der Waals surface area contributed by atoms with Gasteiger partial charge in [0.05, 0.1) is 10.6 Å². The Labute approximate surface area is 222 Å². The molecule has 3 nitrogen and oxygen atoms in total. The lowest BCUT2D eigenvalue weighted by Gasteiger charge is -2.31. The Morgan fingerprint density at radius 1 is 0.730 bits per heavy atom. The van der Waals surface area contributed by atoms with Gasteiger partial charge < -0.3 is 0 Å². The van der Waals surface area contributed by atoms with Crippen LogP contribution in [0.25, 0.3) is 26.6 Å². The summed E-state index contributed by atoms with van der Waals surface area (Å²) in [6.07, 6.45) is 4.05. The van der Waals surface area contributed by atoms with Crippen LogP contribution in [0.5, 0.6) is 0 Å². The normalized spacial score (nSPS) is 15.0. The van der Waals surface area contributed by atoms with Gasteiger partial charge >= 0.3 is 0 Å². The molecule has 1 heterocycles. The Hall–Kier alpha value is -3.63. The number of allylic oxidation sites excluding steroid dienone is 5. The third-order valence-corrected chi connectivity index (χ3v) is 7.78. The average molecular weight is 505 g/mol. The van der Waals surface area contributed by atoms with Crippen LogP contribution in [0, 0.1) is 10.8 Å². The molecule has 1 aliphatic rings. The smallest absolute Gasteiger partial charge is 0.186 e. The first-order valence-electron chi connectivity index (χ1n) is 12.6. The van der Waals surface area contributed by atoms with Gasteiger partial charge in [0.2, 0.25) is 0 Å². The largest absolute Gasteiger partial charge is 0.289 e. The molecule has 0 unspecified atom stereocenters. The number of thiophene rings is 1. The van der Waals surface area contributed by atoms with Gasteiger partial charge in [-0.25, -0.2) is 0 Å². The van der Waals surface area contributed by atoms with E-state index in [2.05, 4.69) is 90.1 Å². The first kappa shape index (κ1) is 25.0. The van der Waals surface area contributed by atoms with Gasteiger partial charge in [-0.15, -0.1) is 21.6 Å². The van der Waals surface area contributed by atoms with E-state index in [9.17, 15) is 4.79 Å². The Bertz CT molecular complexity index is 1570. The first-order chi connectivity index (χ1) is 17.5. The van der Waals surface area contributed by atoms with E-state index in [4.69, 9.17) is 10.2 Å². The van der Waals surface area contributed by atoms with Gasteiger partial charge in [0.25, 0.3) is 0 Å². The van der Waals surface area contributed by atoms with Crippen LogP contribution < -0.4 is 0 Å². The maximum Gasteiger partial charge on any atom is 0.186 e. The fraction of sp³-hybridized carbons (Fsp3) is 0.242. The summed E-state index contributed by atoms with van der Waals surface area (Å²) in [5.74, 6) is 0.116. The lowest BCUT2D eigenvalue weighted by atomic mass is 9.71. The van der Waals surface area contributed by atoms with Crippen LogP contribution in [0.1, 0.15) is 46.4 Å². The molecule has 0 spiro atoms. The zero-order valence-corrected chi connectivity index (χ0v) is 23.1. The van der Waals surface area contributed by atoms with Crippen molar-refractivity contribution in [3.8, 4) is 0 Å². The Morgan fingerprint density at radius 2 is 1.32 bits per heavy atom. The molecular weight excluding hydrogens is 472 g/mol. The predicted octanol–water partition coefficient (Wildman–Crippen LogP) is 10.1. The molecule has 5 rings (SSSR count). The number of carbonyl (C=O) groups is 1. The van der Waals surface area contributed by atoms with Crippen LogP contribution in [-0.4, -0.2) is 5.78 Å². The van der Waals surface area contributed by atoms with Gasteiger partial charge in [0, 0.05) is 26.8 Å². The molecule has 1 aromatic heterocycles. The van der Waals surface area contributed by atoms with Gasteiger partial charge in [-0.3, -0.25) is 4.79 Å². The van der Waals surface area contributed by atoms with E-state index >= 15 is 0 Å². The maximum absolute atomic E-state index is 13.6. The van der Waals surface area contributed by atoms with Crippen molar-refractivity contribution in [3.05, 3.63) is 107 Å². The van der Waals surface area contributed by atoms with Crippen LogP contribution in [-0.2, 0) is 4.79 Å². The predicted molar refractivity (Wildman–Crippen MR) is 157 cm³/mol. The van der Waals surface area contributed by atoms with Crippen molar-refractivity contribution in [2.75, 3.05) is 0 Å². The summed E-state index contributed by atoms with van der Waals surface area (Å²) in [6, 6.07) is 24.8. The van der Waals surface area contributed by atoms with Crippen molar-refractivity contribution in [1.82, 2.24) is 0 Å². The standard InChI is InChI=1S/C33H32N2OS/c1-32(2,3)25-18-23(19-26(31(25)36)33(4,5)6)30(29-20-22-13-8-10-17-28(22)37-29)35-34-27-16-11-14-21-12-7-9-15-24(21)27/h7-20H,1-6H3. The maximum atomic E-state index is 13.6. The van der Waals surface area contributed by atoms with E-state index < -0.39 is 0 Å². The molecule has 186 valence electrons. The Morgan fingerprint density at radius 3 is 1.97 bits per heavy atom. The SMILES string of the molecule is CC(C)(C)C1=CC(=C(N=Nc2cccc3ccccc23)c2cc3ccccc3s2)C=C(C(C)(C)C)C1=O. The quantitative estimate of drug-likeness (QED) is 0.256. The number of carbonyl (C=O) groups excluding carboxylic acids is 1. The molecule has 37 heavy (non-hydrogen) atoms. The molecule has 4 heteroatoms. The second-order valence-electron chi connectivity index (χ2n) is 11.6. The fourth-order valence-electron chi connectivity index (χ4n) is 4.63. The number of fused-ring (bicyclic) bond motifs is 2. The molecule has 4 aromatic rings. The lowest BCUT2D eigenvalue weighted by Crippen LogP contribution is -2.28. The van der Waals surface area contributed by atoms with Gasteiger partial charge in [-0.2, -0.15) is 0 Å². The summed E-state index contributed by atoms with van der Waals surface area (Å²) in [5, 5.41) is 13.0. The van der Waals surface area contributed by atoms with Crippen molar-refractivity contribution >= 4 is 49.4 Å². The number of ketones is 1. The number of hydrogen-bond acceptors (Lipinski definition) is 4. The summed E-state index contributed by atoms with van der Waals surface area (Å²) in [7, 11) is 0. The number of Topliss-reactive ketones (excluding diaryl/α,β-unsaturated/α-hetero) is 1. The summed E-state index contributed by atoms with van der Waals surface area (Å²) >= 11 is 1.70. The number of benzene rings is 3. The molecule has 3 aromatic carbocycles. The van der Waals surface area contributed by atoms with Crippen LogP contribution >= 0.6 is 11.3 Å². The van der Waals surface area contributed by atoms with E-state index in [-0.39, 0.29) is 16.6 Å². The second-order valence-corrected chi connectivity index (χ2v) is 12.7. The third kappa shape index (κ3) is 4.99. The number of hydrogen-bond donors (Lipinski definition) is 0. The van der Waals surface area contributed by atoms with Gasteiger partial charge in [0.1, 0.15) is 5.70 Å². The van der Waals surface area contributed by atoms with E-state index in [0.29, 0.717) is 0 Å². The first-order valence-corrected chi connectivity index (χ1v) is 13.5. The highest BCUT2D eigenvalue weighted by molar-refractivity contribution is 7.20. The molecule has 1 aliphatic carbocycles. The highest BCUT2D eigenvalue weighted by atomic mass is 32.1. The number of rotatable bonds is 3. The minimum absolute atomic E-state index is 0.116. The molecule has 0 saturated heterocycles. The van der Waals surface area contributed by atoms with Crippen LogP contribution in [0.3, 0.4) is 0 Å². The summed E-state index contributed by atoms with van der Waals surface area (Å²) in [5.41, 5.74) is 3.53. The summed E-state index contributed by atoms with van der Waals surface area (Å²) in [4.78, 5) is 14.6. The van der Waals surface area contributed by atoms with E-state index in [1.165, 1.54) is 10.1 Å². The molecule has 0 N–H and O–H groups in total. The number of nitrogens with zero attached hydrogens (tertiary/aromatic N) is 2. The monoisotopic (exact) mass is 504 g/mol. The van der Waals surface area contributed by atoms with E-state index in [1.54, 1.807) is 11.3 Å². The second kappa shape index (κ2) is 9.35. The molecule has 0 radical (unpaired) electrons. The van der Waals surface area contributed by atoms with Crippen molar-refractivity contribution < 1.29 is 4.79 Å². The molecule has 0 aliphatic heterocycles. The average Bonchev–Trinajstić information content (AvgIpc) is 3.27. The van der Waals surface area contributed by atoms with Gasteiger partial charge in [-0.05, 0) is 52.0 Å². The van der Waals surface area contributed by atoms with Crippen molar-refractivity contribution in [2.45, 2.75) is 41.5 Å². The minimum Gasteiger partial charge on any atom is -0.289 e. The molecular formula is C33H32N2OS. The van der Waals surface area contributed by atoms with E-state index in [1.807, 2.05) is 36.4 Å². The van der Waals surface area contributed by atoms with Gasteiger partial charge in [0.15, 0.2) is 5.78 Å².